The number of aromatic nitrogens is 3. The molecular weight excluding hydrogens is 536 g/mol. The number of ketones is 1. The predicted molar refractivity (Wildman–Crippen MR) is 145 cm³/mol. The zero-order chi connectivity index (χ0) is 25.9. The van der Waals surface area contributed by atoms with Gasteiger partial charge >= 0.3 is 0 Å². The van der Waals surface area contributed by atoms with E-state index in [0.717, 1.165) is 10.0 Å². The van der Waals surface area contributed by atoms with Crippen LogP contribution >= 0.6 is 15.9 Å². The van der Waals surface area contributed by atoms with Crippen molar-refractivity contribution in [2.75, 3.05) is 0 Å². The predicted octanol–water partition coefficient (Wildman–Crippen LogP) is 6.01. The molecule has 0 bridgehead atoms. The maximum atomic E-state index is 13.6. The minimum atomic E-state index is -0.477. The van der Waals surface area contributed by atoms with Gasteiger partial charge in [-0.25, -0.2) is 4.98 Å². The smallest absolute Gasteiger partial charge is 0.269 e. The van der Waals surface area contributed by atoms with Crippen molar-refractivity contribution < 1.29 is 9.72 Å². The summed E-state index contributed by atoms with van der Waals surface area (Å²) in [6.45, 7) is 0. The van der Waals surface area contributed by atoms with Gasteiger partial charge < -0.3 is 0 Å². The van der Waals surface area contributed by atoms with Crippen molar-refractivity contribution in [2.45, 2.75) is 0 Å². The monoisotopic (exact) mass is 552 g/mol. The molecule has 3 aromatic carbocycles. The van der Waals surface area contributed by atoms with Crippen LogP contribution in [0.15, 0.2) is 107 Å². The van der Waals surface area contributed by atoms with Crippen LogP contribution in [0.3, 0.4) is 0 Å². The van der Waals surface area contributed by atoms with E-state index in [9.17, 15) is 19.7 Å². The highest BCUT2D eigenvalue weighted by molar-refractivity contribution is 9.10. The van der Waals surface area contributed by atoms with Crippen LogP contribution in [0.1, 0.15) is 15.9 Å². The normalized spacial score (nSPS) is 11.2. The second-order valence-corrected chi connectivity index (χ2v) is 8.98. The molecule has 37 heavy (non-hydrogen) atoms. The minimum Gasteiger partial charge on any atom is -0.289 e. The summed E-state index contributed by atoms with van der Waals surface area (Å²) in [6.07, 6.45) is 6.27. The third-order valence-electron chi connectivity index (χ3n) is 5.71. The van der Waals surface area contributed by atoms with E-state index in [1.807, 2.05) is 6.07 Å². The fourth-order valence-electron chi connectivity index (χ4n) is 3.84. The second kappa shape index (κ2) is 10.1. The van der Waals surface area contributed by atoms with Crippen LogP contribution in [0.25, 0.3) is 34.1 Å². The number of nitrogens with zero attached hydrogens (tertiary/aromatic N) is 4. The first-order valence-corrected chi connectivity index (χ1v) is 11.9. The van der Waals surface area contributed by atoms with Crippen molar-refractivity contribution in [3.05, 3.63) is 133 Å². The Hall–Kier alpha value is -4.76. The van der Waals surface area contributed by atoms with Crippen LogP contribution in [0.4, 0.5) is 5.69 Å². The molecule has 0 radical (unpaired) electrons. The molecule has 0 unspecified atom stereocenters. The third-order valence-corrected chi connectivity index (χ3v) is 6.20. The number of rotatable bonds is 6. The SMILES string of the molecule is O=C(/C=C/c1ccc([N+](=O)[O-])cc1)c1ccc(-n2c(-c3ccncc3)nc3ccc(Br)cc3c2=O)cc1. The summed E-state index contributed by atoms with van der Waals surface area (Å²) in [7, 11) is 0. The van der Waals surface area contributed by atoms with Gasteiger partial charge in [-0.15, -0.1) is 0 Å². The van der Waals surface area contributed by atoms with Gasteiger partial charge in [0.1, 0.15) is 5.82 Å². The lowest BCUT2D eigenvalue weighted by Gasteiger charge is -2.14. The van der Waals surface area contributed by atoms with E-state index in [4.69, 9.17) is 4.98 Å². The first kappa shape index (κ1) is 24.0. The number of carbonyl (C=O) groups is 1. The average molecular weight is 553 g/mol. The number of benzene rings is 3. The average Bonchev–Trinajstić information content (AvgIpc) is 2.93. The molecule has 0 atom stereocenters. The van der Waals surface area contributed by atoms with E-state index in [0.29, 0.717) is 33.5 Å². The molecule has 2 heterocycles. The summed E-state index contributed by atoms with van der Waals surface area (Å²) in [6, 6.07) is 21.5. The molecule has 0 spiro atoms. The summed E-state index contributed by atoms with van der Waals surface area (Å²) < 4.78 is 2.29. The van der Waals surface area contributed by atoms with E-state index in [1.165, 1.54) is 22.8 Å². The fraction of sp³-hybridized carbons (Fsp3) is 0. The second-order valence-electron chi connectivity index (χ2n) is 8.07. The van der Waals surface area contributed by atoms with Gasteiger partial charge in [0.15, 0.2) is 5.78 Å². The molecule has 0 aliphatic carbocycles. The molecule has 0 aliphatic heterocycles. The molecular formula is C28H17BrN4O4. The van der Waals surface area contributed by atoms with Gasteiger partial charge in [-0.2, -0.15) is 0 Å². The van der Waals surface area contributed by atoms with Crippen molar-refractivity contribution in [2.24, 2.45) is 0 Å². The Labute approximate surface area is 218 Å². The summed E-state index contributed by atoms with van der Waals surface area (Å²) >= 11 is 3.42. The van der Waals surface area contributed by atoms with Crippen molar-refractivity contribution in [1.82, 2.24) is 14.5 Å². The fourth-order valence-corrected chi connectivity index (χ4v) is 4.20. The standard InChI is InChI=1S/C28H17BrN4O4/c29-21-6-11-25-24(17-21)28(35)32(27(31-25)20-13-15-30-16-14-20)22-9-4-19(5-10-22)26(34)12-3-18-1-7-23(8-2-18)33(36)37/h1-17H/b12-3+. The number of halogens is 1. The lowest BCUT2D eigenvalue weighted by atomic mass is 10.1. The highest BCUT2D eigenvalue weighted by atomic mass is 79.9. The minimum absolute atomic E-state index is 0.0176. The first-order chi connectivity index (χ1) is 17.9. The van der Waals surface area contributed by atoms with Gasteiger partial charge in [0.25, 0.3) is 11.2 Å². The van der Waals surface area contributed by atoms with Crippen molar-refractivity contribution in [1.29, 1.82) is 0 Å². The number of pyridine rings is 1. The molecule has 0 aliphatic rings. The molecule has 0 amide bonds. The Morgan fingerprint density at radius 2 is 1.65 bits per heavy atom. The molecule has 0 saturated carbocycles. The molecule has 0 saturated heterocycles. The van der Waals surface area contributed by atoms with Crippen molar-refractivity contribution in [3.63, 3.8) is 0 Å². The molecule has 0 N–H and O–H groups in total. The Balaban J connectivity index is 1.51. The molecule has 5 aromatic rings. The third kappa shape index (κ3) is 4.98. The van der Waals surface area contributed by atoms with Crippen LogP contribution < -0.4 is 5.56 Å². The number of non-ortho nitro benzene ring substituents is 1. The molecule has 0 fully saturated rings. The maximum absolute atomic E-state index is 13.6. The van der Waals surface area contributed by atoms with Gasteiger partial charge in [0.05, 0.1) is 21.5 Å². The number of carbonyl (C=O) groups excluding carboxylic acids is 1. The van der Waals surface area contributed by atoms with Gasteiger partial charge in [0.2, 0.25) is 0 Å². The van der Waals surface area contributed by atoms with Crippen LogP contribution in [-0.2, 0) is 0 Å². The zero-order valence-corrected chi connectivity index (χ0v) is 20.7. The van der Waals surface area contributed by atoms with Crippen LogP contribution in [0.2, 0.25) is 0 Å². The van der Waals surface area contributed by atoms with Crippen LogP contribution in [0, 0.1) is 10.1 Å². The zero-order valence-electron chi connectivity index (χ0n) is 19.1. The number of hydrogen-bond acceptors (Lipinski definition) is 6. The largest absolute Gasteiger partial charge is 0.289 e. The topological polar surface area (TPSA) is 108 Å². The van der Waals surface area contributed by atoms with E-state index < -0.39 is 4.92 Å². The van der Waals surface area contributed by atoms with Crippen molar-refractivity contribution >= 4 is 44.4 Å². The van der Waals surface area contributed by atoms with E-state index in [1.54, 1.807) is 79.1 Å². The maximum Gasteiger partial charge on any atom is 0.269 e. The Morgan fingerprint density at radius 1 is 0.946 bits per heavy atom. The first-order valence-electron chi connectivity index (χ1n) is 11.1. The number of fused-ring (bicyclic) bond motifs is 1. The van der Waals surface area contributed by atoms with Crippen LogP contribution in [0.5, 0.6) is 0 Å². The Morgan fingerprint density at radius 3 is 2.32 bits per heavy atom. The van der Waals surface area contributed by atoms with Gasteiger partial charge in [0, 0.05) is 40.1 Å². The summed E-state index contributed by atoms with van der Waals surface area (Å²) in [5.74, 6) is 0.214. The Bertz CT molecular complexity index is 1730. The molecule has 2 aromatic heterocycles. The Kier molecular flexibility index (Phi) is 6.53. The van der Waals surface area contributed by atoms with Crippen LogP contribution in [-0.4, -0.2) is 25.2 Å². The van der Waals surface area contributed by atoms with Gasteiger partial charge in [-0.1, -0.05) is 22.0 Å². The molecule has 9 heteroatoms. The quantitative estimate of drug-likeness (QED) is 0.110. The number of hydrogen-bond donors (Lipinski definition) is 0. The highest BCUT2D eigenvalue weighted by Gasteiger charge is 2.15. The summed E-state index contributed by atoms with van der Waals surface area (Å²) in [4.78, 5) is 45.4. The molecule has 8 nitrogen and oxygen atoms in total. The number of allylic oxidation sites excluding steroid dienone is 1. The van der Waals surface area contributed by atoms with E-state index in [-0.39, 0.29) is 17.0 Å². The molecule has 180 valence electrons. The lowest BCUT2D eigenvalue weighted by Crippen LogP contribution is -2.22. The van der Waals surface area contributed by atoms with E-state index >= 15 is 0 Å². The van der Waals surface area contributed by atoms with E-state index in [2.05, 4.69) is 20.9 Å². The number of nitro groups is 1. The van der Waals surface area contributed by atoms with Gasteiger partial charge in [-0.3, -0.25) is 29.3 Å². The summed E-state index contributed by atoms with van der Waals surface area (Å²) in [5.41, 5.74) is 2.69. The number of nitro benzene ring substituents is 1. The summed E-state index contributed by atoms with van der Waals surface area (Å²) in [5, 5.41) is 11.3. The highest BCUT2D eigenvalue weighted by Crippen LogP contribution is 2.24. The van der Waals surface area contributed by atoms with Crippen molar-refractivity contribution in [3.8, 4) is 17.1 Å². The molecule has 5 rings (SSSR count). The van der Waals surface area contributed by atoms with Gasteiger partial charge in [-0.05, 0) is 78.4 Å². The lowest BCUT2D eigenvalue weighted by molar-refractivity contribution is -0.384.